The van der Waals surface area contributed by atoms with Crippen molar-refractivity contribution < 1.29 is 9.53 Å². The van der Waals surface area contributed by atoms with Crippen LogP contribution in [0.2, 0.25) is 0 Å². The number of nitrogens with one attached hydrogen (secondary N) is 1. The van der Waals surface area contributed by atoms with Crippen molar-refractivity contribution >= 4 is 18.3 Å². The summed E-state index contributed by atoms with van der Waals surface area (Å²) < 4.78 is 5.58. The first-order valence-electron chi connectivity index (χ1n) is 6.41. The van der Waals surface area contributed by atoms with Gasteiger partial charge in [0.25, 0.3) is 0 Å². The molecule has 1 aromatic carbocycles. The van der Waals surface area contributed by atoms with Gasteiger partial charge in [-0.3, -0.25) is 4.79 Å². The van der Waals surface area contributed by atoms with E-state index < -0.39 is 0 Å². The van der Waals surface area contributed by atoms with Crippen molar-refractivity contribution in [3.63, 3.8) is 0 Å². The maximum Gasteiger partial charge on any atom is 0.226 e. The van der Waals surface area contributed by atoms with Crippen LogP contribution in [0.25, 0.3) is 0 Å². The highest BCUT2D eigenvalue weighted by molar-refractivity contribution is 5.85. The molecule has 1 unspecified atom stereocenters. The van der Waals surface area contributed by atoms with Gasteiger partial charge < -0.3 is 15.0 Å². The van der Waals surface area contributed by atoms with E-state index in [4.69, 9.17) is 4.74 Å². The normalized spacial score (nSPS) is 17.6. The second-order valence-electron chi connectivity index (χ2n) is 4.61. The number of likely N-dealkylation sites (N-methyl/N-ethyl adjacent to an activating group) is 1. The fraction of sp³-hybridized carbons (Fsp3) is 0.500. The standard InChI is InChI=1S/C14H20N2O2.ClH/c1-16(14(17)12-7-8-15-11-12)9-10-18-13-5-3-2-4-6-13;/h2-6,12,15H,7-11H2,1H3;1H. The molecule has 0 saturated carbocycles. The summed E-state index contributed by atoms with van der Waals surface area (Å²) in [5, 5.41) is 3.21. The zero-order valence-electron chi connectivity index (χ0n) is 11.2. The van der Waals surface area contributed by atoms with Crippen molar-refractivity contribution in [2.45, 2.75) is 6.42 Å². The molecule has 1 amide bonds. The molecule has 19 heavy (non-hydrogen) atoms. The number of carbonyl (C=O) groups is 1. The third-order valence-corrected chi connectivity index (χ3v) is 3.22. The van der Waals surface area contributed by atoms with E-state index in [-0.39, 0.29) is 24.2 Å². The molecule has 1 fully saturated rings. The molecule has 0 aromatic heterocycles. The minimum atomic E-state index is 0. The quantitative estimate of drug-likeness (QED) is 0.892. The Morgan fingerprint density at radius 2 is 2.16 bits per heavy atom. The first-order valence-corrected chi connectivity index (χ1v) is 6.41. The summed E-state index contributed by atoms with van der Waals surface area (Å²) in [5.74, 6) is 1.21. The molecule has 1 aliphatic rings. The smallest absolute Gasteiger partial charge is 0.226 e. The van der Waals surface area contributed by atoms with Gasteiger partial charge >= 0.3 is 0 Å². The third kappa shape index (κ3) is 4.73. The van der Waals surface area contributed by atoms with Crippen LogP contribution >= 0.6 is 12.4 Å². The number of para-hydroxylation sites is 1. The summed E-state index contributed by atoms with van der Waals surface area (Å²) in [6.45, 7) is 2.92. The second kappa shape index (κ2) is 8.02. The van der Waals surface area contributed by atoms with Gasteiger partial charge in [0.2, 0.25) is 5.91 Å². The first-order chi connectivity index (χ1) is 8.77. The van der Waals surface area contributed by atoms with E-state index in [0.29, 0.717) is 13.2 Å². The van der Waals surface area contributed by atoms with E-state index in [1.165, 1.54) is 0 Å². The van der Waals surface area contributed by atoms with Crippen LogP contribution in [0.1, 0.15) is 6.42 Å². The molecule has 5 heteroatoms. The SMILES string of the molecule is CN(CCOc1ccccc1)C(=O)C1CCNC1.Cl. The predicted octanol–water partition coefficient (Wildman–Crippen LogP) is 1.56. The Bertz CT molecular complexity index is 380. The van der Waals surface area contributed by atoms with Crippen LogP contribution in [0.5, 0.6) is 5.75 Å². The van der Waals surface area contributed by atoms with Gasteiger partial charge in [-0.1, -0.05) is 18.2 Å². The van der Waals surface area contributed by atoms with Gasteiger partial charge in [0.15, 0.2) is 0 Å². The number of rotatable bonds is 5. The van der Waals surface area contributed by atoms with Gasteiger partial charge in [-0.2, -0.15) is 0 Å². The molecular formula is C14H21ClN2O2. The van der Waals surface area contributed by atoms with Crippen molar-refractivity contribution in [1.29, 1.82) is 0 Å². The Labute approximate surface area is 120 Å². The maximum atomic E-state index is 12.0. The van der Waals surface area contributed by atoms with Gasteiger partial charge in [-0.05, 0) is 25.1 Å². The van der Waals surface area contributed by atoms with Crippen LogP contribution in [-0.2, 0) is 4.79 Å². The molecule has 1 aromatic rings. The number of nitrogens with zero attached hydrogens (tertiary/aromatic N) is 1. The summed E-state index contributed by atoms with van der Waals surface area (Å²) in [6.07, 6.45) is 0.947. The molecule has 1 atom stereocenters. The molecule has 0 spiro atoms. The van der Waals surface area contributed by atoms with Crippen LogP contribution < -0.4 is 10.1 Å². The highest BCUT2D eigenvalue weighted by Gasteiger charge is 2.24. The number of hydrogen-bond acceptors (Lipinski definition) is 3. The highest BCUT2D eigenvalue weighted by Crippen LogP contribution is 2.11. The number of benzene rings is 1. The Hall–Kier alpha value is -1.26. The second-order valence-corrected chi connectivity index (χ2v) is 4.61. The van der Waals surface area contributed by atoms with Crippen LogP contribution in [0.3, 0.4) is 0 Å². The number of hydrogen-bond donors (Lipinski definition) is 1. The summed E-state index contributed by atoms with van der Waals surface area (Å²) in [4.78, 5) is 13.8. The Kier molecular flexibility index (Phi) is 6.67. The average Bonchev–Trinajstić information content (AvgIpc) is 2.93. The summed E-state index contributed by atoms with van der Waals surface area (Å²) in [5.41, 5.74) is 0. The van der Waals surface area contributed by atoms with E-state index in [2.05, 4.69) is 5.32 Å². The van der Waals surface area contributed by atoms with E-state index >= 15 is 0 Å². The lowest BCUT2D eigenvalue weighted by Crippen LogP contribution is -2.36. The molecular weight excluding hydrogens is 264 g/mol. The zero-order valence-corrected chi connectivity index (χ0v) is 12.0. The first kappa shape index (κ1) is 15.8. The minimum absolute atomic E-state index is 0. The summed E-state index contributed by atoms with van der Waals surface area (Å²) in [6, 6.07) is 9.67. The Morgan fingerprint density at radius 1 is 1.42 bits per heavy atom. The lowest BCUT2D eigenvalue weighted by Gasteiger charge is -2.20. The number of ether oxygens (including phenoxy) is 1. The fourth-order valence-corrected chi connectivity index (χ4v) is 2.10. The van der Waals surface area contributed by atoms with Gasteiger partial charge in [0.05, 0.1) is 12.5 Å². The molecule has 1 N–H and O–H groups in total. The lowest BCUT2D eigenvalue weighted by atomic mass is 10.1. The van der Waals surface area contributed by atoms with Gasteiger partial charge in [-0.25, -0.2) is 0 Å². The van der Waals surface area contributed by atoms with Crippen LogP contribution in [-0.4, -0.2) is 44.1 Å². The van der Waals surface area contributed by atoms with Crippen molar-refractivity contribution in [1.82, 2.24) is 10.2 Å². The minimum Gasteiger partial charge on any atom is -0.492 e. The van der Waals surface area contributed by atoms with Crippen LogP contribution in [0, 0.1) is 5.92 Å². The highest BCUT2D eigenvalue weighted by atomic mass is 35.5. The summed E-state index contributed by atoms with van der Waals surface area (Å²) >= 11 is 0. The third-order valence-electron chi connectivity index (χ3n) is 3.22. The van der Waals surface area contributed by atoms with Crippen molar-refractivity contribution in [3.05, 3.63) is 30.3 Å². The van der Waals surface area contributed by atoms with E-state index in [1.807, 2.05) is 37.4 Å². The topological polar surface area (TPSA) is 41.6 Å². The molecule has 0 aliphatic carbocycles. The molecule has 0 bridgehead atoms. The van der Waals surface area contributed by atoms with E-state index in [9.17, 15) is 4.79 Å². The molecule has 1 saturated heterocycles. The largest absolute Gasteiger partial charge is 0.492 e. The molecule has 4 nitrogen and oxygen atoms in total. The van der Waals surface area contributed by atoms with Crippen molar-refractivity contribution in [3.8, 4) is 5.75 Å². The lowest BCUT2D eigenvalue weighted by molar-refractivity contribution is -0.133. The molecule has 0 radical (unpaired) electrons. The fourth-order valence-electron chi connectivity index (χ4n) is 2.10. The predicted molar refractivity (Wildman–Crippen MR) is 77.8 cm³/mol. The van der Waals surface area contributed by atoms with E-state index in [1.54, 1.807) is 4.90 Å². The molecule has 1 aliphatic heterocycles. The Balaban J connectivity index is 0.00000180. The molecule has 1 heterocycles. The van der Waals surface area contributed by atoms with Crippen molar-refractivity contribution in [2.75, 3.05) is 33.3 Å². The van der Waals surface area contributed by atoms with Crippen molar-refractivity contribution in [2.24, 2.45) is 5.92 Å². The number of halogens is 1. The van der Waals surface area contributed by atoms with Gasteiger partial charge in [0, 0.05) is 13.6 Å². The number of amides is 1. The maximum absolute atomic E-state index is 12.0. The number of carbonyl (C=O) groups excluding carboxylic acids is 1. The molecule has 2 rings (SSSR count). The molecule has 106 valence electrons. The van der Waals surface area contributed by atoms with Crippen LogP contribution in [0.4, 0.5) is 0 Å². The average molecular weight is 285 g/mol. The van der Waals surface area contributed by atoms with Gasteiger partial charge in [0.1, 0.15) is 12.4 Å². The van der Waals surface area contributed by atoms with Gasteiger partial charge in [-0.15, -0.1) is 12.4 Å². The summed E-state index contributed by atoms with van der Waals surface area (Å²) in [7, 11) is 1.84. The Morgan fingerprint density at radius 3 is 2.79 bits per heavy atom. The monoisotopic (exact) mass is 284 g/mol. The van der Waals surface area contributed by atoms with E-state index in [0.717, 1.165) is 25.3 Å². The van der Waals surface area contributed by atoms with Crippen LogP contribution in [0.15, 0.2) is 30.3 Å². The zero-order chi connectivity index (χ0) is 12.8.